The minimum atomic E-state index is -0.281. The summed E-state index contributed by atoms with van der Waals surface area (Å²) in [5, 5.41) is 7.39. The molecule has 3 aromatic rings. The molecule has 0 radical (unpaired) electrons. The number of carbonyl (C=O) groups is 1. The Labute approximate surface area is 198 Å². The molecule has 4 rings (SSSR count). The van der Waals surface area contributed by atoms with Gasteiger partial charge in [0, 0.05) is 18.2 Å². The van der Waals surface area contributed by atoms with E-state index < -0.39 is 0 Å². The summed E-state index contributed by atoms with van der Waals surface area (Å²) in [6.07, 6.45) is 1.97. The largest absolute Gasteiger partial charge is 0.477 e. The van der Waals surface area contributed by atoms with Gasteiger partial charge >= 0.3 is 0 Å². The maximum Gasteiger partial charge on any atom is 0.270 e. The Kier molecular flexibility index (Phi) is 7.47. The summed E-state index contributed by atoms with van der Waals surface area (Å²) in [5.41, 5.74) is 8.27. The van der Waals surface area contributed by atoms with Gasteiger partial charge in [0.05, 0.1) is 18.8 Å². The molecule has 0 atom stereocenters. The lowest BCUT2D eigenvalue weighted by Crippen LogP contribution is -2.38. The topological polar surface area (TPSA) is 107 Å². The molecule has 3 heterocycles. The van der Waals surface area contributed by atoms with Crippen molar-refractivity contribution in [3.8, 4) is 17.1 Å². The van der Waals surface area contributed by atoms with Crippen molar-refractivity contribution in [1.82, 2.24) is 20.4 Å². The zero-order chi connectivity index (χ0) is 23.2. The average molecular weight is 470 g/mol. The normalized spacial score (nSPS) is 14.8. The molecule has 1 aromatic carbocycles. The molecular weight excluding hydrogens is 442 g/mol. The number of carbonyl (C=O) groups excluding carboxylic acids is 1. The quantitative estimate of drug-likeness (QED) is 0.513. The number of nitrogen functional groups attached to an aromatic ring is 1. The number of hydrogen-bond acceptors (Lipinski definition) is 7. The second kappa shape index (κ2) is 10.7. The Bertz CT molecular complexity index is 1080. The number of aromatic nitrogens is 2. The summed E-state index contributed by atoms with van der Waals surface area (Å²) in [6.45, 7) is 5.38. The van der Waals surface area contributed by atoms with Crippen LogP contribution in [-0.2, 0) is 6.54 Å². The van der Waals surface area contributed by atoms with Gasteiger partial charge in [0.15, 0.2) is 5.76 Å². The maximum atomic E-state index is 12.6. The van der Waals surface area contributed by atoms with Crippen LogP contribution in [0.5, 0.6) is 5.88 Å². The van der Waals surface area contributed by atoms with Crippen LogP contribution in [-0.4, -0.2) is 47.2 Å². The van der Waals surface area contributed by atoms with E-state index in [0.29, 0.717) is 19.1 Å². The van der Waals surface area contributed by atoms with Crippen LogP contribution in [0.25, 0.3) is 11.3 Å². The van der Waals surface area contributed by atoms with Gasteiger partial charge in [-0.2, -0.15) is 0 Å². The van der Waals surface area contributed by atoms with E-state index in [2.05, 4.69) is 20.4 Å². The molecule has 2 aromatic heterocycles. The third kappa shape index (κ3) is 5.83. The van der Waals surface area contributed by atoms with Gasteiger partial charge in [-0.3, -0.25) is 9.69 Å². The molecule has 9 heteroatoms. The van der Waals surface area contributed by atoms with Crippen molar-refractivity contribution in [2.75, 3.05) is 32.0 Å². The van der Waals surface area contributed by atoms with Crippen LogP contribution in [0.15, 0.2) is 47.0 Å². The number of anilines is 1. The smallest absolute Gasteiger partial charge is 0.270 e. The molecule has 1 saturated heterocycles. The number of pyridine rings is 1. The van der Waals surface area contributed by atoms with E-state index in [1.165, 1.54) is 6.07 Å². The van der Waals surface area contributed by atoms with Crippen LogP contribution >= 0.6 is 11.6 Å². The summed E-state index contributed by atoms with van der Waals surface area (Å²) in [5.74, 6) is 1.16. The number of nitrogens with zero attached hydrogens (tertiary/aromatic N) is 3. The van der Waals surface area contributed by atoms with E-state index in [1.807, 2.05) is 43.3 Å². The van der Waals surface area contributed by atoms with E-state index >= 15 is 0 Å². The summed E-state index contributed by atoms with van der Waals surface area (Å²) in [6, 6.07) is 13.5. The molecule has 3 N–H and O–H groups in total. The number of benzene rings is 1. The molecule has 8 nitrogen and oxygen atoms in total. The van der Waals surface area contributed by atoms with E-state index in [1.54, 1.807) is 0 Å². The van der Waals surface area contributed by atoms with Crippen LogP contribution in [0, 0.1) is 5.92 Å². The van der Waals surface area contributed by atoms with Gasteiger partial charge in [0.1, 0.15) is 16.4 Å². The van der Waals surface area contributed by atoms with Crippen molar-refractivity contribution in [3.63, 3.8) is 0 Å². The van der Waals surface area contributed by atoms with Crippen molar-refractivity contribution in [1.29, 1.82) is 0 Å². The van der Waals surface area contributed by atoms with Gasteiger partial charge in [0.25, 0.3) is 5.91 Å². The highest BCUT2D eigenvalue weighted by Crippen LogP contribution is 2.29. The third-order valence-corrected chi connectivity index (χ3v) is 6.12. The first-order valence-electron chi connectivity index (χ1n) is 11.1. The SMILES string of the molecule is CCOc1nc(C(=O)NCC2CCN(Cc3cc(-c4ccccc4)no3)CC2)cc(N)c1Cl. The number of rotatable bonds is 8. The Morgan fingerprint density at radius 3 is 2.76 bits per heavy atom. The molecule has 0 saturated carbocycles. The fourth-order valence-electron chi connectivity index (χ4n) is 3.90. The number of nitrogens with two attached hydrogens (primary N) is 1. The summed E-state index contributed by atoms with van der Waals surface area (Å²) in [4.78, 5) is 19.1. The predicted octanol–water partition coefficient (Wildman–Crippen LogP) is 4.01. The molecule has 1 amide bonds. The second-order valence-electron chi connectivity index (χ2n) is 8.12. The van der Waals surface area contributed by atoms with Gasteiger partial charge in [-0.15, -0.1) is 0 Å². The molecule has 174 valence electrons. The third-order valence-electron chi connectivity index (χ3n) is 5.74. The maximum absolute atomic E-state index is 12.6. The minimum absolute atomic E-state index is 0.181. The van der Waals surface area contributed by atoms with Crippen LogP contribution < -0.4 is 15.8 Å². The van der Waals surface area contributed by atoms with Crippen molar-refractivity contribution >= 4 is 23.2 Å². The monoisotopic (exact) mass is 469 g/mol. The van der Waals surface area contributed by atoms with E-state index in [-0.39, 0.29) is 28.2 Å². The summed E-state index contributed by atoms with van der Waals surface area (Å²) < 4.78 is 10.9. The number of halogens is 1. The fourth-order valence-corrected chi connectivity index (χ4v) is 4.05. The molecule has 0 unspecified atom stereocenters. The molecule has 0 bridgehead atoms. The zero-order valence-corrected chi connectivity index (χ0v) is 19.3. The fraction of sp³-hybridized carbons (Fsp3) is 0.375. The number of amides is 1. The number of ether oxygens (including phenoxy) is 1. The second-order valence-corrected chi connectivity index (χ2v) is 8.50. The van der Waals surface area contributed by atoms with E-state index in [4.69, 9.17) is 26.6 Å². The lowest BCUT2D eigenvalue weighted by atomic mass is 9.96. The first kappa shape index (κ1) is 23.1. The van der Waals surface area contributed by atoms with Crippen LogP contribution in [0.3, 0.4) is 0 Å². The molecule has 33 heavy (non-hydrogen) atoms. The Morgan fingerprint density at radius 2 is 2.03 bits per heavy atom. The van der Waals surface area contributed by atoms with Gasteiger partial charge in [-0.05, 0) is 44.8 Å². The molecule has 1 aliphatic rings. The predicted molar refractivity (Wildman–Crippen MR) is 127 cm³/mol. The average Bonchev–Trinajstić information content (AvgIpc) is 3.30. The highest BCUT2D eigenvalue weighted by Gasteiger charge is 2.22. The summed E-state index contributed by atoms with van der Waals surface area (Å²) in [7, 11) is 0. The van der Waals surface area contributed by atoms with Gasteiger partial charge in [0.2, 0.25) is 5.88 Å². The lowest BCUT2D eigenvalue weighted by Gasteiger charge is -2.31. The van der Waals surface area contributed by atoms with Gasteiger partial charge in [-0.25, -0.2) is 4.98 Å². The number of piperidine rings is 1. The number of nitrogens with one attached hydrogen (secondary N) is 1. The standard InChI is InChI=1S/C24H28ClN5O3/c1-2-32-24-22(25)19(26)13-21(28-24)23(31)27-14-16-8-10-30(11-9-16)15-18-12-20(29-33-18)17-6-4-3-5-7-17/h3-7,12-13,16H,2,8-11,14-15H2,1H3,(H2,26,28)(H,27,31). The minimum Gasteiger partial charge on any atom is -0.477 e. The van der Waals surface area contributed by atoms with Crippen molar-refractivity contribution in [2.24, 2.45) is 5.92 Å². The number of hydrogen-bond donors (Lipinski definition) is 2. The zero-order valence-electron chi connectivity index (χ0n) is 18.6. The van der Waals surface area contributed by atoms with Crippen molar-refractivity contribution in [3.05, 3.63) is 58.9 Å². The molecular formula is C24H28ClN5O3. The van der Waals surface area contributed by atoms with Crippen molar-refractivity contribution < 1.29 is 14.1 Å². The van der Waals surface area contributed by atoms with Crippen LogP contribution in [0.2, 0.25) is 5.02 Å². The van der Waals surface area contributed by atoms with E-state index in [9.17, 15) is 4.79 Å². The van der Waals surface area contributed by atoms with Crippen molar-refractivity contribution in [2.45, 2.75) is 26.3 Å². The van der Waals surface area contributed by atoms with Crippen LogP contribution in [0.1, 0.15) is 36.0 Å². The van der Waals surface area contributed by atoms with Crippen LogP contribution in [0.4, 0.5) is 5.69 Å². The molecule has 1 fully saturated rings. The highest BCUT2D eigenvalue weighted by atomic mass is 35.5. The first-order chi connectivity index (χ1) is 16.0. The van der Waals surface area contributed by atoms with Gasteiger partial charge in [-0.1, -0.05) is 47.1 Å². The first-order valence-corrected chi connectivity index (χ1v) is 11.5. The molecule has 0 spiro atoms. The number of likely N-dealkylation sites (tertiary alicyclic amines) is 1. The Balaban J connectivity index is 1.25. The molecule has 1 aliphatic heterocycles. The molecule has 0 aliphatic carbocycles. The van der Waals surface area contributed by atoms with Gasteiger partial charge < -0.3 is 20.3 Å². The highest BCUT2D eigenvalue weighted by molar-refractivity contribution is 6.34. The lowest BCUT2D eigenvalue weighted by molar-refractivity contribution is 0.0927. The summed E-state index contributed by atoms with van der Waals surface area (Å²) >= 11 is 6.09. The van der Waals surface area contributed by atoms with E-state index in [0.717, 1.165) is 49.5 Å². The Morgan fingerprint density at radius 1 is 1.27 bits per heavy atom. The Hall–Kier alpha value is -3.10.